The van der Waals surface area contributed by atoms with E-state index >= 15 is 0 Å². The lowest BCUT2D eigenvalue weighted by atomic mass is 9.84. The number of methoxy groups -OCH3 is 1. The number of amides is 1. The minimum absolute atomic E-state index is 0.00104. The van der Waals surface area contributed by atoms with Crippen LogP contribution in [0.4, 0.5) is 5.69 Å². The van der Waals surface area contributed by atoms with Crippen LogP contribution in [0.1, 0.15) is 50.4 Å². The third kappa shape index (κ3) is 4.44. The molecule has 1 unspecified atom stereocenters. The van der Waals surface area contributed by atoms with Gasteiger partial charge in [-0.05, 0) is 60.4 Å². The molecule has 1 fully saturated rings. The molecule has 0 bridgehead atoms. The zero-order valence-electron chi connectivity index (χ0n) is 21.1. The van der Waals surface area contributed by atoms with Gasteiger partial charge in [-0.3, -0.25) is 19.5 Å². The van der Waals surface area contributed by atoms with Crippen LogP contribution in [0.5, 0.6) is 11.5 Å². The van der Waals surface area contributed by atoms with E-state index in [1.807, 2.05) is 33.8 Å². The number of rotatable bonds is 6. The Hall–Kier alpha value is -4.13. The molecule has 2 aromatic carbocycles. The molecule has 1 atom stereocenters. The highest BCUT2D eigenvalue weighted by atomic mass is 16.5. The number of nitrogens with zero attached hydrogens (tertiary/aromatic N) is 2. The number of carbonyl (C=O) groups excluding carboxylic acids is 2. The van der Waals surface area contributed by atoms with E-state index in [1.165, 1.54) is 12.0 Å². The molecule has 2 heterocycles. The Bertz CT molecular complexity index is 1320. The number of benzene rings is 2. The molecule has 0 spiro atoms. The number of ketones is 1. The fourth-order valence-corrected chi connectivity index (χ4v) is 4.47. The summed E-state index contributed by atoms with van der Waals surface area (Å²) in [4.78, 5) is 32.3. The first kappa shape index (κ1) is 25.0. The number of Topliss-reactive ketones (excluding diaryl/α,β-unsaturated/α-hetero) is 1. The minimum atomic E-state index is -0.867. The van der Waals surface area contributed by atoms with Gasteiger partial charge in [0.2, 0.25) is 0 Å². The predicted molar refractivity (Wildman–Crippen MR) is 138 cm³/mol. The Kier molecular flexibility index (Phi) is 6.84. The van der Waals surface area contributed by atoms with Gasteiger partial charge in [0.1, 0.15) is 17.3 Å². The number of anilines is 1. The van der Waals surface area contributed by atoms with Gasteiger partial charge in [-0.1, -0.05) is 32.9 Å². The monoisotopic (exact) mass is 486 g/mol. The summed E-state index contributed by atoms with van der Waals surface area (Å²) in [6.45, 7) is 8.56. The number of hydrogen-bond donors (Lipinski definition) is 1. The van der Waals surface area contributed by atoms with Crippen molar-refractivity contribution < 1.29 is 24.2 Å². The molecular weight excluding hydrogens is 456 g/mol. The second-order valence-electron chi connectivity index (χ2n) is 9.52. The molecule has 1 saturated heterocycles. The highest BCUT2D eigenvalue weighted by molar-refractivity contribution is 6.51. The van der Waals surface area contributed by atoms with Crippen molar-refractivity contribution in [1.82, 2.24) is 4.98 Å². The molecule has 1 aliphatic rings. The number of para-hydroxylation sites is 2. The van der Waals surface area contributed by atoms with Crippen LogP contribution in [-0.4, -0.2) is 35.5 Å². The third-order valence-electron chi connectivity index (χ3n) is 6.17. The molecule has 4 rings (SSSR count). The molecule has 1 aromatic heterocycles. The summed E-state index contributed by atoms with van der Waals surface area (Å²) in [5.41, 5.74) is 2.10. The van der Waals surface area contributed by atoms with E-state index < -0.39 is 17.7 Å². The van der Waals surface area contributed by atoms with Crippen molar-refractivity contribution in [2.45, 2.75) is 39.2 Å². The Balaban J connectivity index is 1.96. The number of ether oxygens (including phenoxy) is 2. The summed E-state index contributed by atoms with van der Waals surface area (Å²) >= 11 is 0. The SMILES string of the molecule is CCOc1ccc(/C(O)=C2/C(=O)C(=O)N(c3ccccc3OC)C2c2ccncc2)cc1C(C)(C)C. The van der Waals surface area contributed by atoms with Gasteiger partial charge in [-0.15, -0.1) is 0 Å². The van der Waals surface area contributed by atoms with E-state index in [0.29, 0.717) is 34.9 Å². The van der Waals surface area contributed by atoms with E-state index in [2.05, 4.69) is 4.98 Å². The van der Waals surface area contributed by atoms with Crippen molar-refractivity contribution in [3.05, 3.63) is 89.3 Å². The molecule has 36 heavy (non-hydrogen) atoms. The Morgan fingerprint density at radius 1 is 1.03 bits per heavy atom. The smallest absolute Gasteiger partial charge is 0.300 e. The van der Waals surface area contributed by atoms with Crippen LogP contribution in [0.2, 0.25) is 0 Å². The average Bonchev–Trinajstić information content (AvgIpc) is 3.14. The predicted octanol–water partition coefficient (Wildman–Crippen LogP) is 5.41. The quantitative estimate of drug-likeness (QED) is 0.285. The third-order valence-corrected chi connectivity index (χ3v) is 6.17. The summed E-state index contributed by atoms with van der Waals surface area (Å²) in [7, 11) is 1.50. The number of aromatic nitrogens is 1. The van der Waals surface area contributed by atoms with Crippen molar-refractivity contribution in [3.63, 3.8) is 0 Å². The molecule has 1 amide bonds. The van der Waals surface area contributed by atoms with Crippen LogP contribution in [0.25, 0.3) is 5.76 Å². The Morgan fingerprint density at radius 3 is 2.36 bits per heavy atom. The van der Waals surface area contributed by atoms with Gasteiger partial charge in [0.15, 0.2) is 0 Å². The fraction of sp³-hybridized carbons (Fsp3) is 0.276. The second-order valence-corrected chi connectivity index (χ2v) is 9.52. The minimum Gasteiger partial charge on any atom is -0.507 e. The summed E-state index contributed by atoms with van der Waals surface area (Å²) < 4.78 is 11.3. The van der Waals surface area contributed by atoms with Gasteiger partial charge >= 0.3 is 0 Å². The average molecular weight is 487 g/mol. The summed E-state index contributed by atoms with van der Waals surface area (Å²) in [5, 5.41) is 11.5. The molecule has 1 N–H and O–H groups in total. The maximum absolute atomic E-state index is 13.4. The van der Waals surface area contributed by atoms with Crippen LogP contribution in [-0.2, 0) is 15.0 Å². The van der Waals surface area contributed by atoms with Crippen LogP contribution in [0.15, 0.2) is 72.6 Å². The lowest BCUT2D eigenvalue weighted by Gasteiger charge is -2.27. The summed E-state index contributed by atoms with van der Waals surface area (Å²) in [5.74, 6) is -0.617. The standard InChI is InChI=1S/C29H30N2O5/c1-6-36-22-12-11-19(17-20(22)29(2,3)4)26(32)24-25(18-13-15-30-16-14-18)31(28(34)27(24)33)21-9-7-8-10-23(21)35-5/h7-17,25,32H,6H2,1-5H3/b26-24-. The molecular formula is C29H30N2O5. The lowest BCUT2D eigenvalue weighted by Crippen LogP contribution is -2.29. The molecule has 7 heteroatoms. The Labute approximate surface area is 211 Å². The molecule has 0 radical (unpaired) electrons. The number of pyridine rings is 1. The summed E-state index contributed by atoms with van der Waals surface area (Å²) in [6.07, 6.45) is 3.18. The number of hydrogen-bond acceptors (Lipinski definition) is 6. The molecule has 0 aliphatic carbocycles. The fourth-order valence-electron chi connectivity index (χ4n) is 4.47. The first-order chi connectivity index (χ1) is 17.2. The molecule has 1 aliphatic heterocycles. The Morgan fingerprint density at radius 2 is 1.72 bits per heavy atom. The van der Waals surface area contributed by atoms with Crippen molar-refractivity contribution in [2.24, 2.45) is 0 Å². The van der Waals surface area contributed by atoms with Gasteiger partial charge in [-0.2, -0.15) is 0 Å². The summed E-state index contributed by atoms with van der Waals surface area (Å²) in [6, 6.07) is 14.9. The van der Waals surface area contributed by atoms with Crippen molar-refractivity contribution >= 4 is 23.1 Å². The highest BCUT2D eigenvalue weighted by Crippen LogP contribution is 2.45. The number of aliphatic hydroxyl groups excluding tert-OH is 1. The normalized spacial score (nSPS) is 17.4. The number of carbonyl (C=O) groups is 2. The van der Waals surface area contributed by atoms with Gasteiger partial charge in [0.25, 0.3) is 11.7 Å². The zero-order valence-corrected chi connectivity index (χ0v) is 21.1. The van der Waals surface area contributed by atoms with Gasteiger partial charge in [0.05, 0.1) is 31.0 Å². The van der Waals surface area contributed by atoms with Crippen molar-refractivity contribution in [1.29, 1.82) is 0 Å². The van der Waals surface area contributed by atoms with Crippen LogP contribution >= 0.6 is 0 Å². The first-order valence-corrected chi connectivity index (χ1v) is 11.8. The largest absolute Gasteiger partial charge is 0.507 e. The second kappa shape index (κ2) is 9.85. The number of aliphatic hydroxyl groups is 1. The van der Waals surface area contributed by atoms with E-state index in [4.69, 9.17) is 9.47 Å². The van der Waals surface area contributed by atoms with E-state index in [1.54, 1.807) is 60.9 Å². The van der Waals surface area contributed by atoms with Crippen LogP contribution < -0.4 is 14.4 Å². The maximum atomic E-state index is 13.4. The van der Waals surface area contributed by atoms with E-state index in [-0.39, 0.29) is 16.7 Å². The van der Waals surface area contributed by atoms with Gasteiger partial charge in [0, 0.05) is 23.5 Å². The molecule has 186 valence electrons. The van der Waals surface area contributed by atoms with Gasteiger partial charge < -0.3 is 14.6 Å². The van der Waals surface area contributed by atoms with Crippen molar-refractivity contribution in [3.8, 4) is 11.5 Å². The van der Waals surface area contributed by atoms with Crippen LogP contribution in [0.3, 0.4) is 0 Å². The lowest BCUT2D eigenvalue weighted by molar-refractivity contribution is -0.132. The molecule has 7 nitrogen and oxygen atoms in total. The maximum Gasteiger partial charge on any atom is 0.300 e. The first-order valence-electron chi connectivity index (χ1n) is 11.8. The van der Waals surface area contributed by atoms with E-state index in [9.17, 15) is 14.7 Å². The van der Waals surface area contributed by atoms with Crippen molar-refractivity contribution in [2.75, 3.05) is 18.6 Å². The zero-order chi connectivity index (χ0) is 26.0. The highest BCUT2D eigenvalue weighted by Gasteiger charge is 2.47. The van der Waals surface area contributed by atoms with Crippen LogP contribution in [0, 0.1) is 0 Å². The molecule has 0 saturated carbocycles. The van der Waals surface area contributed by atoms with E-state index in [0.717, 1.165) is 5.56 Å². The van der Waals surface area contributed by atoms with Gasteiger partial charge in [-0.25, -0.2) is 0 Å². The molecule has 3 aromatic rings. The topological polar surface area (TPSA) is 89.0 Å².